The Labute approximate surface area is 175 Å². The van der Waals surface area contributed by atoms with E-state index in [2.05, 4.69) is 76.9 Å². The molecule has 1 N–H and O–H groups in total. The maximum absolute atomic E-state index is 5.98. The van der Waals surface area contributed by atoms with E-state index in [0.29, 0.717) is 18.6 Å². The fourth-order valence-electron chi connectivity index (χ4n) is 3.78. The summed E-state index contributed by atoms with van der Waals surface area (Å²) >= 11 is 0. The number of hydrogen-bond donors (Lipinski definition) is 1. The van der Waals surface area contributed by atoms with E-state index < -0.39 is 0 Å². The molecule has 2 heterocycles. The monoisotopic (exact) mass is 396 g/mol. The minimum Gasteiger partial charge on any atom is -0.374 e. The third-order valence-electron chi connectivity index (χ3n) is 5.70. The Kier molecular flexibility index (Phi) is 6.91. The third-order valence-corrected chi connectivity index (χ3v) is 5.70. The van der Waals surface area contributed by atoms with Gasteiger partial charge in [0, 0.05) is 42.5 Å². The highest BCUT2D eigenvalue weighted by Gasteiger charge is 2.26. The Morgan fingerprint density at radius 3 is 2.59 bits per heavy atom. The van der Waals surface area contributed by atoms with Crippen LogP contribution in [0.15, 0.2) is 18.2 Å². The van der Waals surface area contributed by atoms with Crippen molar-refractivity contribution in [1.82, 2.24) is 15.3 Å². The molecule has 1 unspecified atom stereocenters. The van der Waals surface area contributed by atoms with Crippen LogP contribution in [0, 0.1) is 26.7 Å². The van der Waals surface area contributed by atoms with Gasteiger partial charge in [-0.05, 0) is 52.2 Å². The summed E-state index contributed by atoms with van der Waals surface area (Å²) in [5.74, 6) is 2.42. The molecule has 1 fully saturated rings. The topological polar surface area (TPSA) is 50.3 Å². The van der Waals surface area contributed by atoms with E-state index in [9.17, 15) is 0 Å². The molecule has 1 aliphatic heterocycles. The number of aromatic nitrogens is 2. The molecule has 3 rings (SSSR count). The van der Waals surface area contributed by atoms with Crippen LogP contribution in [-0.2, 0) is 11.3 Å². The van der Waals surface area contributed by atoms with Crippen LogP contribution in [0.2, 0.25) is 0 Å². The number of anilines is 1. The van der Waals surface area contributed by atoms with Gasteiger partial charge in [0.05, 0.1) is 12.7 Å². The molecule has 5 heteroatoms. The molecule has 1 saturated heterocycles. The second kappa shape index (κ2) is 9.23. The highest BCUT2D eigenvalue weighted by Crippen LogP contribution is 2.29. The summed E-state index contributed by atoms with van der Waals surface area (Å²) < 4.78 is 5.98. The summed E-state index contributed by atoms with van der Waals surface area (Å²) in [4.78, 5) is 12.4. The van der Waals surface area contributed by atoms with Crippen LogP contribution in [0.3, 0.4) is 0 Å². The summed E-state index contributed by atoms with van der Waals surface area (Å²) in [5.41, 5.74) is 5.65. The highest BCUT2D eigenvalue weighted by molar-refractivity contribution is 5.64. The number of aryl methyl sites for hydroxylation is 3. The average Bonchev–Trinajstić information content (AvgIpc) is 2.68. The van der Waals surface area contributed by atoms with E-state index in [-0.39, 0.29) is 6.10 Å². The molecule has 1 aromatic heterocycles. The van der Waals surface area contributed by atoms with Crippen molar-refractivity contribution in [2.45, 2.75) is 67.2 Å². The molecule has 5 nitrogen and oxygen atoms in total. The first-order chi connectivity index (χ1) is 13.8. The van der Waals surface area contributed by atoms with Gasteiger partial charge in [0.25, 0.3) is 0 Å². The van der Waals surface area contributed by atoms with Gasteiger partial charge in [-0.2, -0.15) is 0 Å². The summed E-state index contributed by atoms with van der Waals surface area (Å²) in [6.45, 7) is 18.4. The minimum absolute atomic E-state index is 0.173. The Balaban J connectivity index is 2.06. The predicted molar refractivity (Wildman–Crippen MR) is 120 cm³/mol. The van der Waals surface area contributed by atoms with Crippen molar-refractivity contribution in [2.75, 3.05) is 24.5 Å². The number of benzene rings is 1. The number of nitrogens with one attached hydrogen (secondary N) is 1. The van der Waals surface area contributed by atoms with E-state index in [1.807, 2.05) is 0 Å². The van der Waals surface area contributed by atoms with Gasteiger partial charge < -0.3 is 15.0 Å². The minimum atomic E-state index is 0.173. The van der Waals surface area contributed by atoms with Crippen LogP contribution in [0.1, 0.15) is 50.1 Å². The molecule has 0 spiro atoms. The first kappa shape index (κ1) is 21.7. The molecular formula is C24H36N4O. The van der Waals surface area contributed by atoms with Crippen molar-refractivity contribution < 1.29 is 4.74 Å². The zero-order valence-electron chi connectivity index (χ0n) is 19.0. The van der Waals surface area contributed by atoms with Crippen LogP contribution in [0.4, 0.5) is 5.82 Å². The van der Waals surface area contributed by atoms with Crippen molar-refractivity contribution in [3.8, 4) is 11.4 Å². The average molecular weight is 397 g/mol. The van der Waals surface area contributed by atoms with Crippen molar-refractivity contribution in [2.24, 2.45) is 5.92 Å². The van der Waals surface area contributed by atoms with E-state index in [0.717, 1.165) is 48.1 Å². The molecular weight excluding hydrogens is 360 g/mol. The van der Waals surface area contributed by atoms with Crippen LogP contribution < -0.4 is 10.2 Å². The van der Waals surface area contributed by atoms with E-state index >= 15 is 0 Å². The highest BCUT2D eigenvalue weighted by atomic mass is 16.5. The van der Waals surface area contributed by atoms with Gasteiger partial charge in [0.15, 0.2) is 5.82 Å². The summed E-state index contributed by atoms with van der Waals surface area (Å²) in [7, 11) is 0. The quantitative estimate of drug-likeness (QED) is 0.783. The molecule has 1 aromatic carbocycles. The van der Waals surface area contributed by atoms with Gasteiger partial charge in [-0.3, -0.25) is 0 Å². The molecule has 29 heavy (non-hydrogen) atoms. The standard InChI is InChI=1S/C24H36N4O/c1-15(2)22-13-28(11-10-25-22)24-21(14-29-16(3)4)19(7)26-23(27-24)20-12-17(5)8-9-18(20)6/h8-9,12,15-16,22,25H,10-11,13-14H2,1-7H3. The van der Waals surface area contributed by atoms with Crippen molar-refractivity contribution in [3.63, 3.8) is 0 Å². The predicted octanol–water partition coefficient (Wildman–Crippen LogP) is 4.43. The largest absolute Gasteiger partial charge is 0.374 e. The van der Waals surface area contributed by atoms with E-state index in [4.69, 9.17) is 14.7 Å². The molecule has 1 aliphatic rings. The fraction of sp³-hybridized carbons (Fsp3) is 0.583. The van der Waals surface area contributed by atoms with Crippen molar-refractivity contribution in [3.05, 3.63) is 40.6 Å². The zero-order valence-corrected chi connectivity index (χ0v) is 19.0. The van der Waals surface area contributed by atoms with Crippen LogP contribution in [0.5, 0.6) is 0 Å². The molecule has 1 atom stereocenters. The second-order valence-electron chi connectivity index (χ2n) is 8.86. The lowest BCUT2D eigenvalue weighted by molar-refractivity contribution is 0.0652. The number of nitrogens with zero attached hydrogens (tertiary/aromatic N) is 3. The summed E-state index contributed by atoms with van der Waals surface area (Å²) in [5, 5.41) is 3.65. The van der Waals surface area contributed by atoms with Gasteiger partial charge in [-0.1, -0.05) is 31.5 Å². The number of piperazine rings is 1. The molecule has 0 aliphatic carbocycles. The van der Waals surface area contributed by atoms with E-state index in [1.165, 1.54) is 11.1 Å². The normalized spacial score (nSPS) is 17.4. The third kappa shape index (κ3) is 5.14. The Morgan fingerprint density at radius 1 is 1.14 bits per heavy atom. The lowest BCUT2D eigenvalue weighted by Gasteiger charge is -2.37. The van der Waals surface area contributed by atoms with Gasteiger partial charge in [-0.15, -0.1) is 0 Å². The summed E-state index contributed by atoms with van der Waals surface area (Å²) in [6.07, 6.45) is 0.173. The zero-order chi connectivity index (χ0) is 21.1. The van der Waals surface area contributed by atoms with Crippen LogP contribution in [0.25, 0.3) is 11.4 Å². The number of hydrogen-bond acceptors (Lipinski definition) is 5. The van der Waals surface area contributed by atoms with Crippen LogP contribution >= 0.6 is 0 Å². The number of rotatable bonds is 6. The smallest absolute Gasteiger partial charge is 0.162 e. The molecule has 0 amide bonds. The van der Waals surface area contributed by atoms with Crippen molar-refractivity contribution >= 4 is 5.82 Å². The summed E-state index contributed by atoms with van der Waals surface area (Å²) in [6, 6.07) is 6.94. The SMILES string of the molecule is Cc1ccc(C)c(-c2nc(C)c(COC(C)C)c(N3CCNC(C(C)C)C3)n2)c1. The second-order valence-corrected chi connectivity index (χ2v) is 8.86. The Bertz CT molecular complexity index is 847. The first-order valence-electron chi connectivity index (χ1n) is 10.8. The van der Waals surface area contributed by atoms with E-state index in [1.54, 1.807) is 0 Å². The molecule has 0 saturated carbocycles. The lowest BCUT2D eigenvalue weighted by Crippen LogP contribution is -2.53. The maximum atomic E-state index is 5.98. The Morgan fingerprint density at radius 2 is 1.90 bits per heavy atom. The van der Waals surface area contributed by atoms with Gasteiger partial charge in [0.2, 0.25) is 0 Å². The molecule has 0 bridgehead atoms. The first-order valence-corrected chi connectivity index (χ1v) is 10.8. The molecule has 0 radical (unpaired) electrons. The van der Waals surface area contributed by atoms with Gasteiger partial charge in [0.1, 0.15) is 5.82 Å². The number of ether oxygens (including phenoxy) is 1. The fourth-order valence-corrected chi connectivity index (χ4v) is 3.78. The molecule has 2 aromatic rings. The van der Waals surface area contributed by atoms with Crippen molar-refractivity contribution in [1.29, 1.82) is 0 Å². The van der Waals surface area contributed by atoms with Gasteiger partial charge >= 0.3 is 0 Å². The maximum Gasteiger partial charge on any atom is 0.162 e. The molecule has 158 valence electrons. The van der Waals surface area contributed by atoms with Gasteiger partial charge in [-0.25, -0.2) is 9.97 Å². The lowest BCUT2D eigenvalue weighted by atomic mass is 10.0. The Hall–Kier alpha value is -1.98. The van der Waals surface area contributed by atoms with Crippen LogP contribution in [-0.4, -0.2) is 41.7 Å².